The number of aliphatic hydroxyl groups excluding tert-OH is 1. The van der Waals surface area contributed by atoms with E-state index >= 15 is 0 Å². The molecule has 0 radical (unpaired) electrons. The molecular formula is C16H25NO2. The van der Waals surface area contributed by atoms with Gasteiger partial charge in [0, 0.05) is 6.54 Å². The quantitative estimate of drug-likeness (QED) is 0.829. The van der Waals surface area contributed by atoms with Crippen LogP contribution in [0.5, 0.6) is 5.75 Å². The zero-order chi connectivity index (χ0) is 13.7. The predicted octanol–water partition coefficient (Wildman–Crippen LogP) is 2.55. The smallest absolute Gasteiger partial charge is 0.122 e. The standard InChI is InChI=1S/C16H25NO2/c1-12(2)10-17-11-14(18)9-13-7-8-19-16-6-4-3-5-15(13)16/h3-6,12-14,17-18H,7-11H2,1-2H3. The van der Waals surface area contributed by atoms with E-state index in [1.54, 1.807) is 0 Å². The second kappa shape index (κ2) is 6.92. The van der Waals surface area contributed by atoms with Crippen molar-refractivity contribution in [1.82, 2.24) is 5.32 Å². The first-order valence-electron chi connectivity index (χ1n) is 7.27. The highest BCUT2D eigenvalue weighted by Gasteiger charge is 2.23. The normalized spacial score (nSPS) is 19.9. The van der Waals surface area contributed by atoms with E-state index in [0.717, 1.165) is 31.7 Å². The average molecular weight is 263 g/mol. The minimum Gasteiger partial charge on any atom is -0.493 e. The van der Waals surface area contributed by atoms with Crippen molar-refractivity contribution in [3.63, 3.8) is 0 Å². The maximum atomic E-state index is 10.1. The SMILES string of the molecule is CC(C)CNCC(O)CC1CCOc2ccccc21. The van der Waals surface area contributed by atoms with Crippen LogP contribution in [0.15, 0.2) is 24.3 Å². The number of aliphatic hydroxyl groups is 1. The molecule has 2 unspecified atom stereocenters. The fraction of sp³-hybridized carbons (Fsp3) is 0.625. The Balaban J connectivity index is 1.86. The Hall–Kier alpha value is -1.06. The number of hydrogen-bond donors (Lipinski definition) is 2. The van der Waals surface area contributed by atoms with E-state index < -0.39 is 0 Å². The highest BCUT2D eigenvalue weighted by atomic mass is 16.5. The number of benzene rings is 1. The number of rotatable bonds is 6. The summed E-state index contributed by atoms with van der Waals surface area (Å²) >= 11 is 0. The van der Waals surface area contributed by atoms with Crippen molar-refractivity contribution in [2.24, 2.45) is 5.92 Å². The molecule has 1 aliphatic heterocycles. The molecule has 0 aromatic heterocycles. The third-order valence-corrected chi connectivity index (χ3v) is 3.57. The van der Waals surface area contributed by atoms with Crippen molar-refractivity contribution >= 4 is 0 Å². The molecule has 1 aromatic carbocycles. The largest absolute Gasteiger partial charge is 0.493 e. The van der Waals surface area contributed by atoms with Gasteiger partial charge in [0.25, 0.3) is 0 Å². The van der Waals surface area contributed by atoms with Crippen LogP contribution in [0.1, 0.15) is 38.2 Å². The van der Waals surface area contributed by atoms with E-state index in [2.05, 4.69) is 25.2 Å². The lowest BCUT2D eigenvalue weighted by Crippen LogP contribution is -2.31. The molecule has 3 nitrogen and oxygen atoms in total. The molecule has 0 saturated heterocycles. The van der Waals surface area contributed by atoms with Crippen LogP contribution in [-0.2, 0) is 0 Å². The lowest BCUT2D eigenvalue weighted by Gasteiger charge is -2.27. The maximum absolute atomic E-state index is 10.1. The van der Waals surface area contributed by atoms with E-state index in [1.807, 2.05) is 18.2 Å². The Bertz CT molecular complexity index is 392. The average Bonchev–Trinajstić information content (AvgIpc) is 2.39. The Morgan fingerprint density at radius 1 is 1.32 bits per heavy atom. The molecule has 0 fully saturated rings. The molecule has 0 amide bonds. The van der Waals surface area contributed by atoms with E-state index in [-0.39, 0.29) is 6.10 Å². The van der Waals surface area contributed by atoms with E-state index in [9.17, 15) is 5.11 Å². The minimum atomic E-state index is -0.282. The highest BCUT2D eigenvalue weighted by Crippen LogP contribution is 2.35. The minimum absolute atomic E-state index is 0.282. The van der Waals surface area contributed by atoms with Gasteiger partial charge >= 0.3 is 0 Å². The van der Waals surface area contributed by atoms with E-state index in [0.29, 0.717) is 18.4 Å². The van der Waals surface area contributed by atoms with Crippen LogP contribution < -0.4 is 10.1 Å². The van der Waals surface area contributed by atoms with Crippen molar-refractivity contribution in [2.75, 3.05) is 19.7 Å². The molecule has 3 heteroatoms. The summed E-state index contributed by atoms with van der Waals surface area (Å²) in [6.45, 7) is 6.75. The summed E-state index contributed by atoms with van der Waals surface area (Å²) in [6, 6.07) is 8.18. The van der Waals surface area contributed by atoms with Crippen LogP contribution in [0.2, 0.25) is 0 Å². The number of hydrogen-bond acceptors (Lipinski definition) is 3. The highest BCUT2D eigenvalue weighted by molar-refractivity contribution is 5.37. The van der Waals surface area contributed by atoms with Crippen molar-refractivity contribution in [3.8, 4) is 5.75 Å². The topological polar surface area (TPSA) is 41.5 Å². The van der Waals surface area contributed by atoms with Crippen LogP contribution in [0.3, 0.4) is 0 Å². The van der Waals surface area contributed by atoms with Gasteiger partial charge in [-0.2, -0.15) is 0 Å². The van der Waals surface area contributed by atoms with Gasteiger partial charge < -0.3 is 15.2 Å². The molecule has 2 atom stereocenters. The first kappa shape index (κ1) is 14.4. The summed E-state index contributed by atoms with van der Waals surface area (Å²) in [5, 5.41) is 13.5. The number of nitrogens with one attached hydrogen (secondary N) is 1. The number of ether oxygens (including phenoxy) is 1. The van der Waals surface area contributed by atoms with Gasteiger partial charge in [0.2, 0.25) is 0 Å². The van der Waals surface area contributed by atoms with Gasteiger partial charge in [-0.25, -0.2) is 0 Å². The van der Waals surface area contributed by atoms with E-state index in [4.69, 9.17) is 4.74 Å². The van der Waals surface area contributed by atoms with Gasteiger partial charge in [0.15, 0.2) is 0 Å². The van der Waals surface area contributed by atoms with Gasteiger partial charge in [0.05, 0.1) is 12.7 Å². The Morgan fingerprint density at radius 3 is 2.89 bits per heavy atom. The summed E-state index contributed by atoms with van der Waals surface area (Å²) in [5.74, 6) is 2.03. The number of fused-ring (bicyclic) bond motifs is 1. The Morgan fingerprint density at radius 2 is 2.11 bits per heavy atom. The van der Waals surface area contributed by atoms with Crippen LogP contribution in [-0.4, -0.2) is 30.9 Å². The molecule has 2 rings (SSSR count). The van der Waals surface area contributed by atoms with E-state index in [1.165, 1.54) is 5.56 Å². The Kier molecular flexibility index (Phi) is 5.23. The molecule has 0 bridgehead atoms. The Labute approximate surface area is 116 Å². The molecule has 0 saturated carbocycles. The van der Waals surface area contributed by atoms with Crippen LogP contribution in [0.25, 0.3) is 0 Å². The van der Waals surface area contributed by atoms with Crippen LogP contribution in [0.4, 0.5) is 0 Å². The van der Waals surface area contributed by atoms with Gasteiger partial charge in [-0.15, -0.1) is 0 Å². The monoisotopic (exact) mass is 263 g/mol. The summed E-state index contributed by atoms with van der Waals surface area (Å²) in [5.41, 5.74) is 1.25. The lowest BCUT2D eigenvalue weighted by atomic mass is 9.88. The number of para-hydroxylation sites is 1. The van der Waals surface area contributed by atoms with Crippen LogP contribution in [0, 0.1) is 5.92 Å². The van der Waals surface area contributed by atoms with Crippen molar-refractivity contribution in [3.05, 3.63) is 29.8 Å². The van der Waals surface area contributed by atoms with Crippen LogP contribution >= 0.6 is 0 Å². The third kappa shape index (κ3) is 4.22. The molecule has 2 N–H and O–H groups in total. The fourth-order valence-electron chi connectivity index (χ4n) is 2.61. The van der Waals surface area contributed by atoms with Gasteiger partial charge in [-0.3, -0.25) is 0 Å². The molecule has 1 heterocycles. The van der Waals surface area contributed by atoms with Crippen molar-refractivity contribution in [1.29, 1.82) is 0 Å². The second-order valence-electron chi connectivity index (χ2n) is 5.81. The van der Waals surface area contributed by atoms with Gasteiger partial charge in [0.1, 0.15) is 5.75 Å². The summed E-state index contributed by atoms with van der Waals surface area (Å²) in [7, 11) is 0. The van der Waals surface area contributed by atoms with Crippen molar-refractivity contribution in [2.45, 2.75) is 38.7 Å². The first-order valence-corrected chi connectivity index (χ1v) is 7.27. The fourth-order valence-corrected chi connectivity index (χ4v) is 2.61. The summed E-state index contributed by atoms with van der Waals surface area (Å²) in [6.07, 6.45) is 1.53. The second-order valence-corrected chi connectivity index (χ2v) is 5.81. The molecule has 1 aliphatic rings. The first-order chi connectivity index (χ1) is 9.16. The molecule has 19 heavy (non-hydrogen) atoms. The molecule has 0 aliphatic carbocycles. The summed E-state index contributed by atoms with van der Waals surface area (Å²) < 4.78 is 5.65. The molecular weight excluding hydrogens is 238 g/mol. The zero-order valence-electron chi connectivity index (χ0n) is 11.9. The van der Waals surface area contributed by atoms with Crippen molar-refractivity contribution < 1.29 is 9.84 Å². The third-order valence-electron chi connectivity index (χ3n) is 3.57. The zero-order valence-corrected chi connectivity index (χ0v) is 11.9. The maximum Gasteiger partial charge on any atom is 0.122 e. The lowest BCUT2D eigenvalue weighted by molar-refractivity contribution is 0.140. The summed E-state index contributed by atoms with van der Waals surface area (Å²) in [4.78, 5) is 0. The predicted molar refractivity (Wildman–Crippen MR) is 77.6 cm³/mol. The molecule has 106 valence electrons. The van der Waals surface area contributed by atoms with Gasteiger partial charge in [-0.05, 0) is 42.9 Å². The molecule has 0 spiro atoms. The van der Waals surface area contributed by atoms with Gasteiger partial charge in [-0.1, -0.05) is 32.0 Å². The molecule has 1 aromatic rings.